The Bertz CT molecular complexity index is 2930. The number of aliphatic hydroxyl groups excluding tert-OH is 1. The maximum absolute atomic E-state index is 13.6. The van der Waals surface area contributed by atoms with Gasteiger partial charge in [0.25, 0.3) is 0 Å². The third-order valence-corrected chi connectivity index (χ3v) is 34.8. The SMILES string of the molecule is CC(C)=CCC1C(C(C)C)CN1C(C)C.CC(C)C1CCCN(C(C)C)C1.CC(C)C1CCN(C(C)C)C1.CC(C)C1CN(C(C)C)C1.CC(C)C1CN(C(C)C)C1C.CC(C)C1CN(C(C)C)C1C(C)(C)O.CC(C)C1CN(C(C)C)C1C(C)C.CC(C)N1CC(C(=O)O)(C(C)C)C1.CC(C)N1CC(C)(C(C)C)C1.CC(C)N1CC(CO)(C(C)C)C1.CC(C)N1CC(F)(C(C)C)C1. The minimum Gasteiger partial charge on any atom is -0.481 e. The Kier molecular flexibility index (Phi) is 57.1. The Hall–Kier alpha value is -1.38. The molecule has 16 heteroatoms. The molecule has 133 heavy (non-hydrogen) atoms. The monoisotopic (exact) mass is 1880 g/mol. The van der Waals surface area contributed by atoms with Crippen molar-refractivity contribution in [2.45, 2.75) is 488 Å². The zero-order valence-corrected chi connectivity index (χ0v) is 99.0. The number of alkyl halides is 1. The van der Waals surface area contributed by atoms with Crippen LogP contribution >= 0.6 is 0 Å². The molecule has 11 heterocycles. The number of carbonyl (C=O) groups is 1. The number of aliphatic carboxylic acids is 1. The summed E-state index contributed by atoms with van der Waals surface area (Å²) in [5.74, 6) is 14.1. The summed E-state index contributed by atoms with van der Waals surface area (Å²) in [5.41, 5.74) is 0.300. The maximum atomic E-state index is 13.6. The van der Waals surface area contributed by atoms with Crippen molar-refractivity contribution in [1.29, 1.82) is 0 Å². The van der Waals surface area contributed by atoms with Crippen LogP contribution in [0.25, 0.3) is 0 Å². The molecule has 11 aliphatic rings. The molecule has 0 saturated carbocycles. The Morgan fingerprint density at radius 3 is 1.02 bits per heavy atom. The van der Waals surface area contributed by atoms with Crippen LogP contribution in [0.15, 0.2) is 11.6 Å². The average molecular weight is 1880 g/mol. The van der Waals surface area contributed by atoms with Gasteiger partial charge in [0.15, 0.2) is 0 Å². The Balaban J connectivity index is 0.000000733. The standard InChI is InChI=1S/C14H27N.C12H25NO.C12H25N.C11H23N.C10H19NO2.C10H21NO.3C10H21N.C9H18FN.C9H19N/c1-10(2)7-8-14-13(11(3)4)9-15(14)12(5)6;1-8(2)10-7-13(9(3)4)11(10)12(5,6)14;1-8(2)11-7-13(10(5)6)12(11)9(3)4;1-9(2)11-6-5-7-12(8-11)10(3)4;1-7(2)10(9(12)13)5-11(6-10)8(3)4;1-8(2)10(7-12)5-11(6-10)9(3)4;1-8(2)10(5)6-11(7-10)9(3)4;1-7(2)10-6-11(8(3)4)9(10)5;1-8(2)10-5-6-11(7-10)9(3)4;1-7(2)9(10)5-11(6-9)8(3)4;1-7(2)9-5-10(6-9)8(3)4/h7,11-14H,8-9H2,1-6H3;8-11,14H,7H2,1-6H3;8-12H,7H2,1-6H3;9-11H,5-8H2,1-4H3;7-8H,5-6H2,1-4H3,(H,12,13);8-9,12H,5-7H2,1-4H3;8-9H,6-7H2,1-5H3;7-10H,6H2,1-5H3;8-10H,5-7H2,1-4H3;7-8H,5-6H2,1-4H3;7-9H,5-6H2,1-4H3. The van der Waals surface area contributed by atoms with Gasteiger partial charge in [0.05, 0.1) is 17.6 Å². The van der Waals surface area contributed by atoms with Crippen molar-refractivity contribution in [3.63, 3.8) is 0 Å². The molecule has 11 aliphatic heterocycles. The fraction of sp³-hybridized carbons (Fsp3) is 0.974. The van der Waals surface area contributed by atoms with Gasteiger partial charge in [-0.2, -0.15) is 0 Å². The number of allylic oxidation sites excluding steroid dienone is 1. The number of hydrogen-bond donors (Lipinski definition) is 3. The van der Waals surface area contributed by atoms with Gasteiger partial charge in [-0.15, -0.1) is 0 Å². The molecule has 0 amide bonds. The molecular weight excluding hydrogens is 1640 g/mol. The maximum Gasteiger partial charge on any atom is 0.312 e. The Morgan fingerprint density at radius 2 is 0.722 bits per heavy atom. The van der Waals surface area contributed by atoms with Crippen LogP contribution in [0.1, 0.15) is 386 Å². The number of halogens is 1. The molecule has 0 aliphatic carbocycles. The van der Waals surface area contributed by atoms with Gasteiger partial charge in [0.2, 0.25) is 0 Å². The summed E-state index contributed by atoms with van der Waals surface area (Å²) in [7, 11) is 0. The van der Waals surface area contributed by atoms with E-state index in [1.165, 1.54) is 103 Å². The fourth-order valence-corrected chi connectivity index (χ4v) is 21.7. The summed E-state index contributed by atoms with van der Waals surface area (Å²) >= 11 is 0. The third-order valence-electron chi connectivity index (χ3n) is 34.8. The lowest BCUT2D eigenvalue weighted by Gasteiger charge is -2.57. The van der Waals surface area contributed by atoms with E-state index in [1.54, 1.807) is 0 Å². The number of nitrogens with zero attached hydrogens (tertiary/aromatic N) is 11. The van der Waals surface area contributed by atoms with Crippen LogP contribution in [0.3, 0.4) is 0 Å². The van der Waals surface area contributed by atoms with Crippen LogP contribution in [0.4, 0.5) is 4.39 Å². The van der Waals surface area contributed by atoms with Gasteiger partial charge in [0, 0.05) is 201 Å². The smallest absolute Gasteiger partial charge is 0.312 e. The highest BCUT2D eigenvalue weighted by Gasteiger charge is 2.54. The van der Waals surface area contributed by atoms with E-state index in [0.717, 1.165) is 157 Å². The highest BCUT2D eigenvalue weighted by Crippen LogP contribution is 2.45. The average Bonchev–Trinajstić information content (AvgIpc) is 0.941. The number of carboxylic acids is 1. The lowest BCUT2D eigenvalue weighted by Crippen LogP contribution is -2.68. The molecule has 0 bridgehead atoms. The lowest BCUT2D eigenvalue weighted by molar-refractivity contribution is -0.168. The molecule has 3 N–H and O–H groups in total. The van der Waals surface area contributed by atoms with E-state index in [4.69, 9.17) is 5.11 Å². The lowest BCUT2D eigenvalue weighted by atomic mass is 9.70. The normalized spacial score (nSPS) is 26.5. The topological polar surface area (TPSA) is 113 Å². The van der Waals surface area contributed by atoms with Gasteiger partial charge in [-0.05, 0) is 344 Å². The predicted octanol–water partition coefficient (Wildman–Crippen LogP) is 25.6. The summed E-state index contributed by atoms with van der Waals surface area (Å²) in [4.78, 5) is 38.4. The Morgan fingerprint density at radius 1 is 0.368 bits per heavy atom. The predicted molar refractivity (Wildman–Crippen MR) is 583 cm³/mol. The highest BCUT2D eigenvalue weighted by atomic mass is 19.1. The van der Waals surface area contributed by atoms with Crippen molar-refractivity contribution in [2.24, 2.45) is 129 Å². The van der Waals surface area contributed by atoms with Crippen molar-refractivity contribution < 1.29 is 24.5 Å². The second-order valence-corrected chi connectivity index (χ2v) is 52.9. The number of hydrogen-bond acceptors (Lipinski definition) is 14. The molecule has 11 saturated heterocycles. The largest absolute Gasteiger partial charge is 0.481 e. The molecule has 11 rings (SSSR count). The van der Waals surface area contributed by atoms with Gasteiger partial charge in [-0.3, -0.25) is 44.0 Å². The summed E-state index contributed by atoms with van der Waals surface area (Å²) in [6.07, 6.45) is 7.90. The molecule has 0 radical (unpaired) electrons. The van der Waals surface area contributed by atoms with Gasteiger partial charge < -0.3 is 30.0 Å². The van der Waals surface area contributed by atoms with Gasteiger partial charge in [0.1, 0.15) is 5.67 Å². The van der Waals surface area contributed by atoms with E-state index >= 15 is 0 Å². The first-order valence-corrected chi connectivity index (χ1v) is 55.9. The first-order valence-electron chi connectivity index (χ1n) is 55.9. The Labute approximate surface area is 831 Å². The van der Waals surface area contributed by atoms with E-state index in [0.29, 0.717) is 92.2 Å². The van der Waals surface area contributed by atoms with Crippen LogP contribution in [-0.2, 0) is 4.79 Å². The van der Waals surface area contributed by atoms with E-state index in [1.807, 2.05) is 41.5 Å². The first kappa shape index (κ1) is 130. The quantitative estimate of drug-likeness (QED) is 0.0646. The number of aliphatic hydroxyl groups is 2. The zero-order valence-electron chi connectivity index (χ0n) is 99.0. The molecule has 11 fully saturated rings. The molecule has 0 spiro atoms. The number of carboxylic acid groups (broad SMARTS) is 1. The molecule has 0 aromatic carbocycles. The van der Waals surface area contributed by atoms with E-state index in [2.05, 4.69) is 378 Å². The van der Waals surface area contributed by atoms with Crippen LogP contribution in [-0.4, -0.2) is 301 Å². The van der Waals surface area contributed by atoms with E-state index < -0.39 is 22.7 Å². The van der Waals surface area contributed by atoms with Crippen molar-refractivity contribution in [3.8, 4) is 0 Å². The fourth-order valence-electron chi connectivity index (χ4n) is 21.7. The van der Waals surface area contributed by atoms with E-state index in [-0.39, 0.29) is 17.3 Å². The molecular formula is C117H240FN11O4. The van der Waals surface area contributed by atoms with E-state index in [9.17, 15) is 19.4 Å². The van der Waals surface area contributed by atoms with Crippen molar-refractivity contribution in [1.82, 2.24) is 53.9 Å². The first-order chi connectivity index (χ1) is 60.8. The van der Waals surface area contributed by atoms with Gasteiger partial charge >= 0.3 is 5.97 Å². The second-order valence-electron chi connectivity index (χ2n) is 52.9. The second kappa shape index (κ2) is 58.5. The van der Waals surface area contributed by atoms with Crippen LogP contribution < -0.4 is 0 Å². The molecule has 0 aromatic rings. The zero-order chi connectivity index (χ0) is 104. The minimum atomic E-state index is -0.899. The highest BCUT2D eigenvalue weighted by molar-refractivity contribution is 5.77. The van der Waals surface area contributed by atoms with Crippen LogP contribution in [0.5, 0.6) is 0 Å². The van der Waals surface area contributed by atoms with Crippen LogP contribution in [0.2, 0.25) is 0 Å². The number of rotatable bonds is 28. The summed E-state index contributed by atoms with van der Waals surface area (Å²) in [5, 5.41) is 28.5. The summed E-state index contributed by atoms with van der Waals surface area (Å²) < 4.78 is 13.6. The van der Waals surface area contributed by atoms with Crippen molar-refractivity contribution in [3.05, 3.63) is 11.6 Å². The van der Waals surface area contributed by atoms with Gasteiger partial charge in [-0.25, -0.2) is 4.39 Å². The third kappa shape index (κ3) is 39.6. The number of likely N-dealkylation sites (tertiary alicyclic amines) is 11. The molecule has 794 valence electrons. The number of piperidine rings is 1. The van der Waals surface area contributed by atoms with Crippen molar-refractivity contribution in [2.75, 3.05) is 124 Å². The molecule has 15 nitrogen and oxygen atoms in total. The van der Waals surface area contributed by atoms with Crippen molar-refractivity contribution >= 4 is 5.97 Å². The summed E-state index contributed by atoms with van der Waals surface area (Å²) in [6, 6.07) is 10.1. The summed E-state index contributed by atoms with van der Waals surface area (Å²) in [6.45, 7) is 137. The molecule has 10 atom stereocenters. The molecule has 10 unspecified atom stereocenters. The van der Waals surface area contributed by atoms with Gasteiger partial charge in [-0.1, -0.05) is 185 Å². The molecule has 0 aromatic heterocycles. The van der Waals surface area contributed by atoms with Crippen LogP contribution in [0, 0.1) is 129 Å². The minimum absolute atomic E-state index is 0.164.